The number of fused-ring (bicyclic) bond motifs is 2. The Hall–Kier alpha value is -2.68. The van der Waals surface area contributed by atoms with E-state index in [0.717, 1.165) is 17.0 Å². The van der Waals surface area contributed by atoms with Gasteiger partial charge >= 0.3 is 0 Å². The molecule has 0 bridgehead atoms. The van der Waals surface area contributed by atoms with E-state index in [4.69, 9.17) is 0 Å². The minimum atomic E-state index is 0.727. The summed E-state index contributed by atoms with van der Waals surface area (Å²) in [6.07, 6.45) is 5.72. The van der Waals surface area contributed by atoms with Gasteiger partial charge in [-0.05, 0) is 22.9 Å². The van der Waals surface area contributed by atoms with E-state index in [2.05, 4.69) is 52.4 Å². The lowest BCUT2D eigenvalue weighted by molar-refractivity contribution is 1.11. The van der Waals surface area contributed by atoms with Crippen molar-refractivity contribution in [2.45, 2.75) is 0 Å². The van der Waals surface area contributed by atoms with E-state index in [9.17, 15) is 0 Å². The van der Waals surface area contributed by atoms with Crippen molar-refractivity contribution in [1.82, 2.24) is 14.4 Å². The Morgan fingerprint density at radius 3 is 2.68 bits per heavy atom. The highest BCUT2D eigenvalue weighted by Gasteiger charge is 2.05. The molecule has 3 heteroatoms. The average Bonchev–Trinajstić information content (AvgIpc) is 2.90. The molecule has 90 valence electrons. The van der Waals surface area contributed by atoms with Crippen LogP contribution >= 0.6 is 0 Å². The highest BCUT2D eigenvalue weighted by molar-refractivity contribution is 5.86. The fraction of sp³-hybridized carbons (Fsp3) is 0. The summed E-state index contributed by atoms with van der Waals surface area (Å²) in [5.74, 6) is 0.727. The van der Waals surface area contributed by atoms with E-state index >= 15 is 0 Å². The molecule has 0 radical (unpaired) electrons. The number of hydrogen-bond acceptors (Lipinski definition) is 2. The van der Waals surface area contributed by atoms with Crippen LogP contribution in [0.5, 0.6) is 0 Å². The molecule has 0 spiro atoms. The molecule has 2 aromatic carbocycles. The molecule has 0 saturated carbocycles. The standard InChI is InChI=1S/C16H11N3/c1-2-5-13-10-14(7-6-12(13)4-1)15-11-19-9-3-8-17-16(19)18-15/h1-11H. The van der Waals surface area contributed by atoms with E-state index in [-0.39, 0.29) is 0 Å². The number of nitrogens with zero attached hydrogens (tertiary/aromatic N) is 3. The Balaban J connectivity index is 1.93. The molecule has 19 heavy (non-hydrogen) atoms. The molecule has 2 aromatic heterocycles. The first kappa shape index (κ1) is 10.3. The first-order valence-corrected chi connectivity index (χ1v) is 6.19. The van der Waals surface area contributed by atoms with Crippen LogP contribution in [0.4, 0.5) is 0 Å². The van der Waals surface area contributed by atoms with Gasteiger partial charge in [0.25, 0.3) is 0 Å². The monoisotopic (exact) mass is 245 g/mol. The summed E-state index contributed by atoms with van der Waals surface area (Å²) < 4.78 is 1.94. The second-order valence-electron chi connectivity index (χ2n) is 4.52. The van der Waals surface area contributed by atoms with Crippen LogP contribution in [-0.2, 0) is 0 Å². The molecule has 4 rings (SSSR count). The number of hydrogen-bond donors (Lipinski definition) is 0. The zero-order valence-electron chi connectivity index (χ0n) is 10.2. The zero-order valence-corrected chi connectivity index (χ0v) is 10.2. The third-order valence-corrected chi connectivity index (χ3v) is 3.28. The van der Waals surface area contributed by atoms with Crippen molar-refractivity contribution in [2.75, 3.05) is 0 Å². The maximum absolute atomic E-state index is 4.54. The van der Waals surface area contributed by atoms with Crippen LogP contribution in [-0.4, -0.2) is 14.4 Å². The quantitative estimate of drug-likeness (QED) is 0.513. The summed E-state index contributed by atoms with van der Waals surface area (Å²) >= 11 is 0. The van der Waals surface area contributed by atoms with Gasteiger partial charge in [0, 0.05) is 24.2 Å². The Bertz CT molecular complexity index is 844. The molecule has 0 atom stereocenters. The molecule has 0 amide bonds. The van der Waals surface area contributed by atoms with Crippen molar-refractivity contribution in [2.24, 2.45) is 0 Å². The molecule has 0 unspecified atom stereocenters. The Kier molecular flexibility index (Phi) is 2.12. The summed E-state index contributed by atoms with van der Waals surface area (Å²) in [5.41, 5.74) is 2.06. The minimum Gasteiger partial charge on any atom is -0.291 e. The molecular formula is C16H11N3. The first-order valence-electron chi connectivity index (χ1n) is 6.19. The Morgan fingerprint density at radius 1 is 0.895 bits per heavy atom. The zero-order chi connectivity index (χ0) is 12.7. The molecule has 4 aromatic rings. The predicted molar refractivity (Wildman–Crippen MR) is 75.9 cm³/mol. The van der Waals surface area contributed by atoms with Crippen molar-refractivity contribution >= 4 is 16.6 Å². The van der Waals surface area contributed by atoms with Crippen LogP contribution in [0.25, 0.3) is 27.8 Å². The van der Waals surface area contributed by atoms with Gasteiger partial charge in [-0.2, -0.15) is 0 Å². The molecule has 2 heterocycles. The van der Waals surface area contributed by atoms with Crippen LogP contribution in [0.15, 0.2) is 67.1 Å². The van der Waals surface area contributed by atoms with Gasteiger partial charge in [-0.15, -0.1) is 0 Å². The molecule has 3 nitrogen and oxygen atoms in total. The maximum Gasteiger partial charge on any atom is 0.234 e. The largest absolute Gasteiger partial charge is 0.291 e. The van der Waals surface area contributed by atoms with Gasteiger partial charge in [0.1, 0.15) is 0 Å². The summed E-state index contributed by atoms with van der Waals surface area (Å²) in [4.78, 5) is 8.78. The molecular weight excluding hydrogens is 234 g/mol. The molecule has 0 N–H and O–H groups in total. The number of rotatable bonds is 1. The van der Waals surface area contributed by atoms with Crippen LogP contribution in [0.1, 0.15) is 0 Å². The summed E-state index contributed by atoms with van der Waals surface area (Å²) in [6.45, 7) is 0. The molecule has 0 fully saturated rings. The summed E-state index contributed by atoms with van der Waals surface area (Å²) in [5, 5.41) is 2.47. The van der Waals surface area contributed by atoms with Gasteiger partial charge in [-0.3, -0.25) is 4.40 Å². The van der Waals surface area contributed by atoms with Crippen LogP contribution < -0.4 is 0 Å². The van der Waals surface area contributed by atoms with Gasteiger partial charge < -0.3 is 0 Å². The highest BCUT2D eigenvalue weighted by Crippen LogP contribution is 2.23. The van der Waals surface area contributed by atoms with Gasteiger partial charge in [0.05, 0.1) is 5.69 Å². The topological polar surface area (TPSA) is 30.2 Å². The van der Waals surface area contributed by atoms with E-state index in [1.54, 1.807) is 6.20 Å². The number of imidazole rings is 1. The normalized spacial score (nSPS) is 11.2. The van der Waals surface area contributed by atoms with E-state index in [0.29, 0.717) is 0 Å². The SMILES string of the molecule is c1ccc2cc(-c3cn4cccnc4n3)ccc2c1. The van der Waals surface area contributed by atoms with Crippen molar-refractivity contribution in [3.05, 3.63) is 67.1 Å². The predicted octanol–water partition coefficient (Wildman–Crippen LogP) is 3.55. The van der Waals surface area contributed by atoms with Crippen molar-refractivity contribution in [3.8, 4) is 11.3 Å². The lowest BCUT2D eigenvalue weighted by Crippen LogP contribution is -1.83. The first-order chi connectivity index (χ1) is 9.40. The summed E-state index contributed by atoms with van der Waals surface area (Å²) in [7, 11) is 0. The Labute approximate surface area is 110 Å². The fourth-order valence-corrected chi connectivity index (χ4v) is 2.32. The van der Waals surface area contributed by atoms with Crippen LogP contribution in [0, 0.1) is 0 Å². The van der Waals surface area contributed by atoms with Crippen molar-refractivity contribution in [3.63, 3.8) is 0 Å². The van der Waals surface area contributed by atoms with Gasteiger partial charge in [-0.1, -0.05) is 36.4 Å². The van der Waals surface area contributed by atoms with Crippen LogP contribution in [0.2, 0.25) is 0 Å². The summed E-state index contributed by atoms with van der Waals surface area (Å²) in [6, 6.07) is 16.6. The molecule has 0 aliphatic carbocycles. The lowest BCUT2D eigenvalue weighted by Gasteiger charge is -2.00. The lowest BCUT2D eigenvalue weighted by atomic mass is 10.1. The third-order valence-electron chi connectivity index (χ3n) is 3.28. The number of benzene rings is 2. The van der Waals surface area contributed by atoms with E-state index < -0.39 is 0 Å². The second-order valence-corrected chi connectivity index (χ2v) is 4.52. The molecule has 0 saturated heterocycles. The molecule has 0 aliphatic rings. The minimum absolute atomic E-state index is 0.727. The highest BCUT2D eigenvalue weighted by atomic mass is 15.1. The van der Waals surface area contributed by atoms with Gasteiger partial charge in [0.15, 0.2) is 0 Å². The maximum atomic E-state index is 4.54. The fourth-order valence-electron chi connectivity index (χ4n) is 2.32. The number of aromatic nitrogens is 3. The third kappa shape index (κ3) is 1.67. The van der Waals surface area contributed by atoms with E-state index in [1.807, 2.05) is 22.9 Å². The van der Waals surface area contributed by atoms with Gasteiger partial charge in [0.2, 0.25) is 5.78 Å². The van der Waals surface area contributed by atoms with Crippen molar-refractivity contribution in [1.29, 1.82) is 0 Å². The van der Waals surface area contributed by atoms with Crippen molar-refractivity contribution < 1.29 is 0 Å². The van der Waals surface area contributed by atoms with E-state index in [1.165, 1.54) is 10.8 Å². The second kappa shape index (κ2) is 3.92. The average molecular weight is 245 g/mol. The smallest absolute Gasteiger partial charge is 0.234 e. The molecule has 0 aliphatic heterocycles. The van der Waals surface area contributed by atoms with Crippen LogP contribution in [0.3, 0.4) is 0 Å². The Morgan fingerprint density at radius 2 is 1.79 bits per heavy atom. The van der Waals surface area contributed by atoms with Gasteiger partial charge in [-0.25, -0.2) is 9.97 Å².